The van der Waals surface area contributed by atoms with Crippen molar-refractivity contribution >= 4 is 17.8 Å². The lowest BCUT2D eigenvalue weighted by atomic mass is 9.90. The highest BCUT2D eigenvalue weighted by Gasteiger charge is 2.22. The number of aromatic nitrogens is 1. The van der Waals surface area contributed by atoms with Crippen LogP contribution in [0.15, 0.2) is 35.1 Å². The summed E-state index contributed by atoms with van der Waals surface area (Å²) in [5, 5.41) is 10.4. The summed E-state index contributed by atoms with van der Waals surface area (Å²) in [4.78, 5) is 36.4. The average Bonchev–Trinajstić information content (AvgIpc) is 2.76. The van der Waals surface area contributed by atoms with Crippen molar-refractivity contribution in [3.63, 3.8) is 0 Å². The highest BCUT2D eigenvalue weighted by Crippen LogP contribution is 2.33. The molecule has 1 N–H and O–H groups in total. The zero-order valence-electron chi connectivity index (χ0n) is 19.6. The number of ether oxygens (including phenoxy) is 2. The number of ketones is 1. The van der Waals surface area contributed by atoms with Crippen molar-refractivity contribution in [2.24, 2.45) is 7.05 Å². The molecule has 0 aliphatic heterocycles. The van der Waals surface area contributed by atoms with E-state index >= 15 is 0 Å². The van der Waals surface area contributed by atoms with Crippen LogP contribution in [-0.4, -0.2) is 41.7 Å². The second kappa shape index (κ2) is 11.7. The molecular weight excluding hydrogens is 429 g/mol. The third kappa shape index (κ3) is 6.46. The van der Waals surface area contributed by atoms with Crippen LogP contribution in [-0.2, 0) is 32.7 Å². The molecule has 0 radical (unpaired) electrons. The predicted molar refractivity (Wildman–Crippen MR) is 123 cm³/mol. The molecule has 178 valence electrons. The summed E-state index contributed by atoms with van der Waals surface area (Å²) in [6.45, 7) is 3.92. The van der Waals surface area contributed by atoms with Crippen LogP contribution in [0.4, 0.5) is 4.39 Å². The van der Waals surface area contributed by atoms with E-state index in [-0.39, 0.29) is 24.5 Å². The summed E-state index contributed by atoms with van der Waals surface area (Å²) in [5.74, 6) is -1.59. The van der Waals surface area contributed by atoms with Gasteiger partial charge in [0.1, 0.15) is 18.0 Å². The van der Waals surface area contributed by atoms with Gasteiger partial charge in [0, 0.05) is 37.4 Å². The summed E-state index contributed by atoms with van der Waals surface area (Å²) in [5.41, 5.74) is 2.73. The van der Waals surface area contributed by atoms with Gasteiger partial charge in [0.05, 0.1) is 25.4 Å². The SMILES string of the molecule is COCc1c(-c2ccc(F)cc2)c(/C=C/C(O)CC(=O)CC(=O)OC)c(C(C)C)n(C)c1=O. The van der Waals surface area contributed by atoms with Crippen LogP contribution < -0.4 is 5.56 Å². The van der Waals surface area contributed by atoms with Crippen LogP contribution in [0.2, 0.25) is 0 Å². The fourth-order valence-electron chi connectivity index (χ4n) is 3.80. The third-order valence-electron chi connectivity index (χ3n) is 5.23. The number of aliphatic hydroxyl groups is 1. The molecule has 0 amide bonds. The van der Waals surface area contributed by atoms with E-state index in [0.29, 0.717) is 27.9 Å². The number of pyridine rings is 1. The number of aliphatic hydroxyl groups excluding tert-OH is 1. The molecule has 7 nitrogen and oxygen atoms in total. The third-order valence-corrected chi connectivity index (χ3v) is 5.23. The number of esters is 1. The average molecular weight is 460 g/mol. The number of benzene rings is 1. The maximum absolute atomic E-state index is 13.6. The fraction of sp³-hybridized carbons (Fsp3) is 0.400. The van der Waals surface area contributed by atoms with Crippen LogP contribution >= 0.6 is 0 Å². The van der Waals surface area contributed by atoms with Crippen molar-refractivity contribution < 1.29 is 28.6 Å². The fourth-order valence-corrected chi connectivity index (χ4v) is 3.80. The predicted octanol–water partition coefficient (Wildman–Crippen LogP) is 3.36. The Balaban J connectivity index is 2.64. The number of halogens is 1. The van der Waals surface area contributed by atoms with E-state index in [0.717, 1.165) is 0 Å². The molecule has 1 atom stereocenters. The molecule has 1 heterocycles. The lowest BCUT2D eigenvalue weighted by Gasteiger charge is -2.22. The van der Waals surface area contributed by atoms with E-state index in [9.17, 15) is 23.9 Å². The van der Waals surface area contributed by atoms with Gasteiger partial charge >= 0.3 is 5.97 Å². The Labute approximate surface area is 192 Å². The first-order chi connectivity index (χ1) is 15.6. The summed E-state index contributed by atoms with van der Waals surface area (Å²) in [6.07, 6.45) is 1.28. The van der Waals surface area contributed by atoms with Gasteiger partial charge in [0.25, 0.3) is 5.56 Å². The quantitative estimate of drug-likeness (QED) is 0.433. The smallest absolute Gasteiger partial charge is 0.313 e. The minimum atomic E-state index is -1.15. The largest absolute Gasteiger partial charge is 0.469 e. The van der Waals surface area contributed by atoms with E-state index in [2.05, 4.69) is 4.74 Å². The molecule has 0 aliphatic rings. The second-order valence-corrected chi connectivity index (χ2v) is 8.03. The van der Waals surface area contributed by atoms with E-state index in [4.69, 9.17) is 4.74 Å². The van der Waals surface area contributed by atoms with E-state index in [1.54, 1.807) is 29.8 Å². The maximum atomic E-state index is 13.6. The molecule has 1 unspecified atom stereocenters. The molecule has 0 spiro atoms. The first-order valence-corrected chi connectivity index (χ1v) is 10.6. The molecule has 2 aromatic rings. The monoisotopic (exact) mass is 459 g/mol. The Morgan fingerprint density at radius 3 is 2.36 bits per heavy atom. The summed E-state index contributed by atoms with van der Waals surface area (Å²) < 4.78 is 24.9. The number of hydrogen-bond donors (Lipinski definition) is 1. The molecule has 1 aromatic carbocycles. The van der Waals surface area contributed by atoms with Gasteiger partial charge in [-0.25, -0.2) is 4.39 Å². The Hall–Kier alpha value is -3.10. The van der Waals surface area contributed by atoms with Crippen molar-refractivity contribution in [3.8, 4) is 11.1 Å². The number of Topliss-reactive ketones (excluding diaryl/α,β-unsaturated/α-hetero) is 1. The van der Waals surface area contributed by atoms with Crippen LogP contribution in [0.5, 0.6) is 0 Å². The van der Waals surface area contributed by atoms with Crippen molar-refractivity contribution in [2.45, 2.75) is 45.3 Å². The Bertz CT molecular complexity index is 1090. The zero-order valence-corrected chi connectivity index (χ0v) is 19.6. The van der Waals surface area contributed by atoms with Gasteiger partial charge in [-0.15, -0.1) is 0 Å². The molecule has 0 fully saturated rings. The van der Waals surface area contributed by atoms with Crippen LogP contribution in [0, 0.1) is 5.82 Å². The molecule has 2 rings (SSSR count). The van der Waals surface area contributed by atoms with Crippen molar-refractivity contribution in [3.05, 3.63) is 63.3 Å². The summed E-state index contributed by atoms with van der Waals surface area (Å²) >= 11 is 0. The Morgan fingerprint density at radius 1 is 1.18 bits per heavy atom. The number of rotatable bonds is 10. The molecule has 0 aliphatic carbocycles. The van der Waals surface area contributed by atoms with Crippen LogP contribution in [0.25, 0.3) is 17.2 Å². The van der Waals surface area contributed by atoms with Gasteiger partial charge in [-0.05, 0) is 23.6 Å². The standard InChI is InChI=1S/C25H30FNO6/c1-15(2)24-20(11-10-18(28)12-19(29)13-22(30)33-5)23(16-6-8-17(26)9-7-16)21(14-32-4)25(31)27(24)3/h6-11,15,18,28H,12-14H2,1-5H3/b11-10+. The molecule has 0 saturated heterocycles. The van der Waals surface area contributed by atoms with Crippen LogP contribution in [0.1, 0.15) is 49.4 Å². The molecule has 1 aromatic heterocycles. The number of methoxy groups -OCH3 is 2. The Kier molecular flexibility index (Phi) is 9.25. The molecule has 8 heteroatoms. The van der Waals surface area contributed by atoms with E-state index < -0.39 is 30.1 Å². The normalized spacial score (nSPS) is 12.4. The topological polar surface area (TPSA) is 94.8 Å². The van der Waals surface area contributed by atoms with Crippen LogP contribution in [0.3, 0.4) is 0 Å². The van der Waals surface area contributed by atoms with Gasteiger partial charge < -0.3 is 19.1 Å². The number of carbonyl (C=O) groups is 2. The van der Waals surface area contributed by atoms with Crippen molar-refractivity contribution in [1.82, 2.24) is 4.57 Å². The number of carbonyl (C=O) groups excluding carboxylic acids is 2. The van der Waals surface area contributed by atoms with E-state index in [1.807, 2.05) is 13.8 Å². The highest BCUT2D eigenvalue weighted by molar-refractivity contribution is 5.95. The molecule has 33 heavy (non-hydrogen) atoms. The van der Waals surface area contributed by atoms with Crippen molar-refractivity contribution in [1.29, 1.82) is 0 Å². The second-order valence-electron chi connectivity index (χ2n) is 8.03. The lowest BCUT2D eigenvalue weighted by molar-refractivity contribution is -0.143. The molecule has 0 bridgehead atoms. The summed E-state index contributed by atoms with van der Waals surface area (Å²) in [6, 6.07) is 5.79. The van der Waals surface area contributed by atoms with Gasteiger partial charge in [0.15, 0.2) is 0 Å². The van der Waals surface area contributed by atoms with Gasteiger partial charge in [-0.3, -0.25) is 14.4 Å². The zero-order chi connectivity index (χ0) is 24.7. The minimum absolute atomic E-state index is 0.0404. The molecular formula is C25H30FNO6. The first-order valence-electron chi connectivity index (χ1n) is 10.6. The van der Waals surface area contributed by atoms with E-state index in [1.165, 1.54) is 32.4 Å². The lowest BCUT2D eigenvalue weighted by Crippen LogP contribution is -2.28. The number of nitrogens with zero attached hydrogens (tertiary/aromatic N) is 1. The maximum Gasteiger partial charge on any atom is 0.313 e. The Morgan fingerprint density at radius 2 is 1.82 bits per heavy atom. The summed E-state index contributed by atoms with van der Waals surface area (Å²) in [7, 11) is 4.34. The van der Waals surface area contributed by atoms with Gasteiger partial charge in [-0.1, -0.05) is 38.1 Å². The van der Waals surface area contributed by atoms with Gasteiger partial charge in [-0.2, -0.15) is 0 Å². The van der Waals surface area contributed by atoms with Crippen molar-refractivity contribution in [2.75, 3.05) is 14.2 Å². The first kappa shape index (κ1) is 26.2. The van der Waals surface area contributed by atoms with Gasteiger partial charge in [0.2, 0.25) is 0 Å². The minimum Gasteiger partial charge on any atom is -0.469 e. The molecule has 0 saturated carbocycles. The highest BCUT2D eigenvalue weighted by atomic mass is 19.1. The number of hydrogen-bond acceptors (Lipinski definition) is 6.